The Morgan fingerprint density at radius 1 is 1.00 bits per heavy atom. The fourth-order valence-corrected chi connectivity index (χ4v) is 5.87. The first-order valence-corrected chi connectivity index (χ1v) is 11.4. The van der Waals surface area contributed by atoms with Crippen LogP contribution in [-0.2, 0) is 25.9 Å². The fraction of sp³-hybridized carbons (Fsp3) is 0.455. The number of aryl methyl sites for hydroxylation is 2. The molecule has 1 saturated heterocycles. The average Bonchev–Trinajstić information content (AvgIpc) is 3.33. The van der Waals surface area contributed by atoms with Crippen LogP contribution in [0, 0.1) is 0 Å². The quantitative estimate of drug-likeness (QED) is 0.625. The fourth-order valence-electron chi connectivity index (χ4n) is 4.48. The Bertz CT molecular complexity index is 1060. The summed E-state index contributed by atoms with van der Waals surface area (Å²) >= 11 is 7.79. The molecule has 0 atom stereocenters. The van der Waals surface area contributed by atoms with Crippen LogP contribution in [0.5, 0.6) is 0 Å². The van der Waals surface area contributed by atoms with E-state index in [4.69, 9.17) is 16.6 Å². The summed E-state index contributed by atoms with van der Waals surface area (Å²) in [5, 5.41) is 1.59. The lowest BCUT2D eigenvalue weighted by atomic mass is 9.97. The number of thiophene rings is 1. The van der Waals surface area contributed by atoms with Gasteiger partial charge in [0.05, 0.1) is 18.5 Å². The van der Waals surface area contributed by atoms with E-state index < -0.39 is 0 Å². The molecule has 146 valence electrons. The molecule has 0 radical (unpaired) electrons. The van der Waals surface area contributed by atoms with Gasteiger partial charge in [0.25, 0.3) is 5.56 Å². The van der Waals surface area contributed by atoms with Crippen molar-refractivity contribution in [3.63, 3.8) is 0 Å². The highest BCUT2D eigenvalue weighted by molar-refractivity contribution is 7.18. The van der Waals surface area contributed by atoms with E-state index in [0.717, 1.165) is 54.1 Å². The number of benzene rings is 1. The maximum absolute atomic E-state index is 13.6. The van der Waals surface area contributed by atoms with Crippen molar-refractivity contribution in [3.8, 4) is 0 Å². The molecule has 1 fully saturated rings. The van der Waals surface area contributed by atoms with E-state index >= 15 is 0 Å². The molecule has 0 saturated carbocycles. The lowest BCUT2D eigenvalue weighted by Crippen LogP contribution is -2.30. The van der Waals surface area contributed by atoms with Crippen molar-refractivity contribution in [2.24, 2.45) is 0 Å². The Morgan fingerprint density at radius 3 is 2.54 bits per heavy atom. The zero-order valence-corrected chi connectivity index (χ0v) is 17.5. The zero-order valence-electron chi connectivity index (χ0n) is 15.9. The predicted octanol–water partition coefficient (Wildman–Crippen LogP) is 4.63. The first-order valence-electron chi connectivity index (χ1n) is 10.2. The molecule has 2 aliphatic rings. The van der Waals surface area contributed by atoms with Gasteiger partial charge in [-0.3, -0.25) is 14.3 Å². The Hall–Kier alpha value is -1.69. The molecule has 0 bridgehead atoms. The minimum Gasteiger partial charge on any atom is -0.296 e. The van der Waals surface area contributed by atoms with Crippen LogP contribution in [0.25, 0.3) is 10.2 Å². The average molecular weight is 414 g/mol. The van der Waals surface area contributed by atoms with Crippen molar-refractivity contribution < 1.29 is 0 Å². The van der Waals surface area contributed by atoms with Crippen LogP contribution < -0.4 is 5.56 Å². The Kier molecular flexibility index (Phi) is 4.99. The number of nitrogens with zero attached hydrogens (tertiary/aromatic N) is 3. The summed E-state index contributed by atoms with van der Waals surface area (Å²) in [6, 6.07) is 7.78. The summed E-state index contributed by atoms with van der Waals surface area (Å²) in [6.45, 7) is 3.49. The highest BCUT2D eigenvalue weighted by Crippen LogP contribution is 2.34. The zero-order chi connectivity index (χ0) is 19.1. The van der Waals surface area contributed by atoms with Crippen LogP contribution in [-0.4, -0.2) is 27.5 Å². The Balaban J connectivity index is 1.63. The third-order valence-corrected chi connectivity index (χ3v) is 7.41. The largest absolute Gasteiger partial charge is 0.296 e. The lowest BCUT2D eigenvalue weighted by Gasteiger charge is -2.18. The summed E-state index contributed by atoms with van der Waals surface area (Å²) < 4.78 is 1.91. The van der Waals surface area contributed by atoms with E-state index in [-0.39, 0.29) is 5.56 Å². The topological polar surface area (TPSA) is 38.1 Å². The van der Waals surface area contributed by atoms with Gasteiger partial charge in [0.2, 0.25) is 0 Å². The smallest absolute Gasteiger partial charge is 0.262 e. The predicted molar refractivity (Wildman–Crippen MR) is 116 cm³/mol. The van der Waals surface area contributed by atoms with Crippen LogP contribution in [0.1, 0.15) is 47.5 Å². The molecule has 0 N–H and O–H groups in total. The second-order valence-electron chi connectivity index (χ2n) is 7.92. The first kappa shape index (κ1) is 18.3. The summed E-state index contributed by atoms with van der Waals surface area (Å²) in [5.74, 6) is 0.896. The molecule has 2 aromatic heterocycles. The van der Waals surface area contributed by atoms with E-state index in [0.29, 0.717) is 11.6 Å². The van der Waals surface area contributed by atoms with Crippen LogP contribution >= 0.6 is 22.9 Å². The number of likely N-dealkylation sites (tertiary alicyclic amines) is 1. The molecule has 0 unspecified atom stereocenters. The van der Waals surface area contributed by atoms with Gasteiger partial charge in [0, 0.05) is 9.90 Å². The SMILES string of the molecule is O=c1c2c3c(sc2nc(CN2CCCC2)n1Cc1ccc(Cl)cc1)CCCC3. The van der Waals surface area contributed by atoms with Gasteiger partial charge in [0.15, 0.2) is 0 Å². The molecule has 0 spiro atoms. The molecule has 4 nitrogen and oxygen atoms in total. The number of fused-ring (bicyclic) bond motifs is 3. The summed E-state index contributed by atoms with van der Waals surface area (Å²) in [5.41, 5.74) is 2.48. The molecule has 3 aromatic rings. The van der Waals surface area contributed by atoms with E-state index in [9.17, 15) is 4.79 Å². The normalized spacial score (nSPS) is 17.3. The van der Waals surface area contributed by atoms with E-state index in [1.807, 2.05) is 28.8 Å². The van der Waals surface area contributed by atoms with Crippen molar-refractivity contribution in [2.45, 2.75) is 51.6 Å². The second kappa shape index (κ2) is 7.62. The minimum atomic E-state index is 0.133. The van der Waals surface area contributed by atoms with E-state index in [1.165, 1.54) is 36.1 Å². The van der Waals surface area contributed by atoms with Gasteiger partial charge in [-0.05, 0) is 74.9 Å². The van der Waals surface area contributed by atoms with Crippen molar-refractivity contribution in [1.29, 1.82) is 0 Å². The maximum atomic E-state index is 13.6. The van der Waals surface area contributed by atoms with Crippen molar-refractivity contribution in [3.05, 3.63) is 61.5 Å². The number of halogens is 1. The molecular weight excluding hydrogens is 390 g/mol. The van der Waals surface area contributed by atoms with Crippen LogP contribution in [0.4, 0.5) is 0 Å². The van der Waals surface area contributed by atoms with Gasteiger partial charge in [-0.2, -0.15) is 0 Å². The van der Waals surface area contributed by atoms with Gasteiger partial charge in [-0.25, -0.2) is 4.98 Å². The van der Waals surface area contributed by atoms with Crippen LogP contribution in [0.15, 0.2) is 29.1 Å². The molecular formula is C22H24ClN3OS. The molecule has 1 aliphatic carbocycles. The van der Waals surface area contributed by atoms with Crippen molar-refractivity contribution in [2.75, 3.05) is 13.1 Å². The molecule has 1 aliphatic heterocycles. The number of hydrogen-bond donors (Lipinski definition) is 0. The minimum absolute atomic E-state index is 0.133. The highest BCUT2D eigenvalue weighted by atomic mass is 35.5. The molecule has 0 amide bonds. The van der Waals surface area contributed by atoms with Crippen molar-refractivity contribution in [1.82, 2.24) is 14.5 Å². The molecule has 3 heterocycles. The molecule has 6 heteroatoms. The number of rotatable bonds is 4. The molecule has 28 heavy (non-hydrogen) atoms. The van der Waals surface area contributed by atoms with Gasteiger partial charge in [-0.1, -0.05) is 23.7 Å². The highest BCUT2D eigenvalue weighted by Gasteiger charge is 2.23. The molecule has 1 aromatic carbocycles. The van der Waals surface area contributed by atoms with E-state index in [1.54, 1.807) is 11.3 Å². The third-order valence-electron chi connectivity index (χ3n) is 5.97. The summed E-state index contributed by atoms with van der Waals surface area (Å²) in [4.78, 5) is 23.4. The van der Waals surface area contributed by atoms with E-state index in [2.05, 4.69) is 4.90 Å². The number of hydrogen-bond acceptors (Lipinski definition) is 4. The van der Waals surface area contributed by atoms with Crippen LogP contribution in [0.3, 0.4) is 0 Å². The third kappa shape index (κ3) is 3.40. The summed E-state index contributed by atoms with van der Waals surface area (Å²) in [6.07, 6.45) is 6.96. The number of aromatic nitrogens is 2. The van der Waals surface area contributed by atoms with Crippen molar-refractivity contribution >= 4 is 33.2 Å². The van der Waals surface area contributed by atoms with Crippen LogP contribution in [0.2, 0.25) is 5.02 Å². The van der Waals surface area contributed by atoms with Gasteiger partial charge >= 0.3 is 0 Å². The second-order valence-corrected chi connectivity index (χ2v) is 9.44. The summed E-state index contributed by atoms with van der Waals surface area (Å²) in [7, 11) is 0. The molecule has 5 rings (SSSR count). The standard InChI is InChI=1S/C22H24ClN3OS/c23-16-9-7-15(8-10-16)13-26-19(14-25-11-3-4-12-25)24-21-20(22(26)27)17-5-1-2-6-18(17)28-21/h7-10H,1-6,11-14H2. The van der Waals surface area contributed by atoms with Gasteiger partial charge in [-0.15, -0.1) is 11.3 Å². The Morgan fingerprint density at radius 2 is 1.75 bits per heavy atom. The monoisotopic (exact) mass is 413 g/mol. The van der Waals surface area contributed by atoms with Gasteiger partial charge in [0.1, 0.15) is 10.7 Å². The Labute approximate surface area is 173 Å². The first-order chi connectivity index (χ1) is 13.7. The maximum Gasteiger partial charge on any atom is 0.262 e. The lowest BCUT2D eigenvalue weighted by molar-refractivity contribution is 0.315. The van der Waals surface area contributed by atoms with Gasteiger partial charge < -0.3 is 0 Å².